The predicted molar refractivity (Wildman–Crippen MR) is 111 cm³/mol. The largest absolute Gasteiger partial charge is 0.494 e. The Hall–Kier alpha value is -3.25. The Kier molecular flexibility index (Phi) is 4.80. The van der Waals surface area contributed by atoms with Crippen LogP contribution in [0.15, 0.2) is 71.8 Å². The van der Waals surface area contributed by atoms with Gasteiger partial charge in [0.1, 0.15) is 5.75 Å². The number of hydrogen-bond acceptors (Lipinski definition) is 4. The molecule has 0 amide bonds. The first kappa shape index (κ1) is 17.2. The van der Waals surface area contributed by atoms with Gasteiger partial charge in [-0.2, -0.15) is 14.9 Å². The fourth-order valence-electron chi connectivity index (χ4n) is 2.96. The van der Waals surface area contributed by atoms with E-state index in [0.717, 1.165) is 22.3 Å². The van der Waals surface area contributed by atoms with Gasteiger partial charge in [-0.25, -0.2) is 5.10 Å². The minimum Gasteiger partial charge on any atom is -0.494 e. The van der Waals surface area contributed by atoms with Crippen LogP contribution < -0.4 is 4.74 Å². The first-order chi connectivity index (χ1) is 13.3. The second-order valence-electron chi connectivity index (χ2n) is 5.94. The average molecular weight is 374 g/mol. The lowest BCUT2D eigenvalue weighted by molar-refractivity contribution is 0.340. The molecule has 0 radical (unpaired) electrons. The highest BCUT2D eigenvalue weighted by Crippen LogP contribution is 2.23. The van der Waals surface area contributed by atoms with E-state index in [-0.39, 0.29) is 0 Å². The molecule has 0 aliphatic heterocycles. The monoisotopic (exact) mass is 374 g/mol. The van der Waals surface area contributed by atoms with Crippen molar-refractivity contribution < 1.29 is 4.74 Å². The Bertz CT molecular complexity index is 1170. The molecule has 1 aromatic heterocycles. The second-order valence-corrected chi connectivity index (χ2v) is 6.32. The van der Waals surface area contributed by atoms with Crippen molar-refractivity contribution in [2.45, 2.75) is 6.92 Å². The Balaban J connectivity index is 1.75. The number of aromatic amines is 1. The molecule has 1 heterocycles. The van der Waals surface area contributed by atoms with Crippen LogP contribution >= 0.6 is 12.2 Å². The first-order valence-electron chi connectivity index (χ1n) is 8.69. The molecule has 1 N–H and O–H groups in total. The van der Waals surface area contributed by atoms with Crippen LogP contribution in [-0.2, 0) is 0 Å². The SMILES string of the molecule is CCOc1cccc(-c2n[nH]c(=S)n2/N=C\c2cccc3ccccc23)c1. The zero-order chi connectivity index (χ0) is 18.6. The summed E-state index contributed by atoms with van der Waals surface area (Å²) in [5, 5.41) is 14.1. The summed E-state index contributed by atoms with van der Waals surface area (Å²) >= 11 is 5.37. The Morgan fingerprint density at radius 3 is 2.81 bits per heavy atom. The molecule has 134 valence electrons. The zero-order valence-corrected chi connectivity index (χ0v) is 15.6. The first-order valence-corrected chi connectivity index (χ1v) is 9.10. The van der Waals surface area contributed by atoms with E-state index in [9.17, 15) is 0 Å². The molecule has 6 heteroatoms. The molecule has 27 heavy (non-hydrogen) atoms. The molecule has 0 unspecified atom stereocenters. The van der Waals surface area contributed by atoms with E-state index >= 15 is 0 Å². The van der Waals surface area contributed by atoms with E-state index in [0.29, 0.717) is 17.2 Å². The number of ether oxygens (including phenoxy) is 1. The molecule has 0 bridgehead atoms. The van der Waals surface area contributed by atoms with Crippen LogP contribution in [-0.4, -0.2) is 27.7 Å². The molecule has 0 atom stereocenters. The summed E-state index contributed by atoms with van der Waals surface area (Å²) < 4.78 is 7.64. The highest BCUT2D eigenvalue weighted by Gasteiger charge is 2.09. The number of H-pyrrole nitrogens is 1. The number of rotatable bonds is 5. The van der Waals surface area contributed by atoms with Gasteiger partial charge in [-0.15, -0.1) is 0 Å². The quantitative estimate of drug-likeness (QED) is 0.393. The number of aromatic nitrogens is 3. The highest BCUT2D eigenvalue weighted by molar-refractivity contribution is 7.71. The van der Waals surface area contributed by atoms with Crippen LogP contribution in [0, 0.1) is 4.77 Å². The van der Waals surface area contributed by atoms with Crippen molar-refractivity contribution in [2.75, 3.05) is 6.61 Å². The predicted octanol–water partition coefficient (Wildman–Crippen LogP) is 5.04. The molecule has 4 rings (SSSR count). The van der Waals surface area contributed by atoms with Gasteiger partial charge in [-0.3, -0.25) is 0 Å². The van der Waals surface area contributed by atoms with Crippen LogP contribution in [0.25, 0.3) is 22.2 Å². The lowest BCUT2D eigenvalue weighted by Crippen LogP contribution is -1.96. The van der Waals surface area contributed by atoms with Gasteiger partial charge in [-0.05, 0) is 42.0 Å². The lowest BCUT2D eigenvalue weighted by atomic mass is 10.1. The molecule has 0 aliphatic rings. The number of hydrogen-bond donors (Lipinski definition) is 1. The van der Waals surface area contributed by atoms with Crippen LogP contribution in [0.4, 0.5) is 0 Å². The number of nitrogens with zero attached hydrogens (tertiary/aromatic N) is 3. The van der Waals surface area contributed by atoms with Gasteiger partial charge in [0.15, 0.2) is 5.82 Å². The Morgan fingerprint density at radius 1 is 1.11 bits per heavy atom. The van der Waals surface area contributed by atoms with Crippen molar-refractivity contribution in [3.63, 3.8) is 0 Å². The van der Waals surface area contributed by atoms with Crippen LogP contribution in [0.1, 0.15) is 12.5 Å². The van der Waals surface area contributed by atoms with Gasteiger partial charge < -0.3 is 4.74 Å². The maximum Gasteiger partial charge on any atom is 0.216 e. The third-order valence-corrected chi connectivity index (χ3v) is 4.45. The lowest BCUT2D eigenvalue weighted by Gasteiger charge is -2.06. The van der Waals surface area contributed by atoms with E-state index in [4.69, 9.17) is 17.0 Å². The summed E-state index contributed by atoms with van der Waals surface area (Å²) in [7, 11) is 0. The third kappa shape index (κ3) is 3.52. The normalized spacial score (nSPS) is 11.3. The molecule has 0 saturated heterocycles. The van der Waals surface area contributed by atoms with Crippen LogP contribution in [0.2, 0.25) is 0 Å². The fraction of sp³-hybridized carbons (Fsp3) is 0.0952. The van der Waals surface area contributed by atoms with Gasteiger partial charge in [0.2, 0.25) is 4.77 Å². The minimum atomic E-state index is 0.434. The summed E-state index contributed by atoms with van der Waals surface area (Å²) in [5.74, 6) is 1.42. The summed E-state index contributed by atoms with van der Waals surface area (Å²) in [6.07, 6.45) is 1.81. The van der Waals surface area contributed by atoms with Gasteiger partial charge in [0, 0.05) is 11.1 Å². The smallest absolute Gasteiger partial charge is 0.216 e. The van der Waals surface area contributed by atoms with E-state index < -0.39 is 0 Å². The second kappa shape index (κ2) is 7.55. The van der Waals surface area contributed by atoms with Crippen molar-refractivity contribution in [3.05, 3.63) is 77.1 Å². The van der Waals surface area contributed by atoms with Gasteiger partial charge in [-0.1, -0.05) is 54.6 Å². The molecule has 5 nitrogen and oxygen atoms in total. The third-order valence-electron chi connectivity index (χ3n) is 4.19. The fourth-order valence-corrected chi connectivity index (χ4v) is 3.14. The highest BCUT2D eigenvalue weighted by atomic mass is 32.1. The summed E-state index contributed by atoms with van der Waals surface area (Å²) in [6, 6.07) is 22.1. The van der Waals surface area contributed by atoms with E-state index in [1.807, 2.05) is 61.7 Å². The molecule has 0 fully saturated rings. The van der Waals surface area contributed by atoms with Crippen molar-refractivity contribution in [3.8, 4) is 17.1 Å². The number of fused-ring (bicyclic) bond motifs is 1. The van der Waals surface area contributed by atoms with E-state index in [2.05, 4.69) is 33.5 Å². The molecule has 0 spiro atoms. The molecule has 0 aliphatic carbocycles. The average Bonchev–Trinajstić information content (AvgIpc) is 3.07. The van der Waals surface area contributed by atoms with Crippen molar-refractivity contribution in [2.24, 2.45) is 5.10 Å². The molecular weight excluding hydrogens is 356 g/mol. The zero-order valence-electron chi connectivity index (χ0n) is 14.8. The molecule has 0 saturated carbocycles. The standard InChI is InChI=1S/C21H18N4OS/c1-2-26-18-11-6-9-16(13-18)20-23-24-21(27)25(20)22-14-17-10-5-8-15-7-3-4-12-19(15)17/h3-14H,2H2,1H3,(H,24,27)/b22-14-. The van der Waals surface area contributed by atoms with Crippen molar-refractivity contribution in [1.29, 1.82) is 0 Å². The molecular formula is C21H18N4OS. The minimum absolute atomic E-state index is 0.434. The van der Waals surface area contributed by atoms with Crippen molar-refractivity contribution >= 4 is 29.2 Å². The van der Waals surface area contributed by atoms with Crippen LogP contribution in [0.5, 0.6) is 5.75 Å². The van der Waals surface area contributed by atoms with Crippen molar-refractivity contribution in [1.82, 2.24) is 14.9 Å². The van der Waals surface area contributed by atoms with Crippen LogP contribution in [0.3, 0.4) is 0 Å². The summed E-state index contributed by atoms with van der Waals surface area (Å²) in [4.78, 5) is 0. The van der Waals surface area contributed by atoms with Gasteiger partial charge >= 0.3 is 0 Å². The van der Waals surface area contributed by atoms with Gasteiger partial charge in [0.25, 0.3) is 0 Å². The van der Waals surface area contributed by atoms with Gasteiger partial charge in [0.05, 0.1) is 12.8 Å². The summed E-state index contributed by atoms with van der Waals surface area (Å²) in [6.45, 7) is 2.56. The Labute approximate surface area is 161 Å². The number of nitrogens with one attached hydrogen (secondary N) is 1. The Morgan fingerprint density at radius 2 is 1.93 bits per heavy atom. The molecule has 3 aromatic carbocycles. The number of benzene rings is 3. The summed E-state index contributed by atoms with van der Waals surface area (Å²) in [5.41, 5.74) is 1.90. The molecule has 4 aromatic rings. The topological polar surface area (TPSA) is 55.2 Å². The van der Waals surface area contributed by atoms with E-state index in [1.54, 1.807) is 4.68 Å². The van der Waals surface area contributed by atoms with E-state index in [1.165, 1.54) is 5.39 Å². The maximum absolute atomic E-state index is 5.58. The maximum atomic E-state index is 5.58.